The van der Waals surface area contributed by atoms with E-state index in [1.807, 2.05) is 6.92 Å². The Morgan fingerprint density at radius 1 is 1.11 bits per heavy atom. The maximum Gasteiger partial charge on any atom is 0.303 e. The Labute approximate surface area is 116 Å². The largest absolute Gasteiger partial charge is 0.481 e. The minimum atomic E-state index is -0.750. The summed E-state index contributed by atoms with van der Waals surface area (Å²) < 4.78 is 0. The number of amides is 1. The Kier molecular flexibility index (Phi) is 10.2. The molecule has 0 aliphatic carbocycles. The molecule has 0 spiro atoms. The summed E-state index contributed by atoms with van der Waals surface area (Å²) >= 11 is 0. The first kappa shape index (κ1) is 17.9. The fourth-order valence-electron chi connectivity index (χ4n) is 1.98. The summed E-state index contributed by atoms with van der Waals surface area (Å²) in [5.41, 5.74) is 0. The highest BCUT2D eigenvalue weighted by molar-refractivity contribution is 5.76. The lowest BCUT2D eigenvalue weighted by molar-refractivity contribution is -0.137. The van der Waals surface area contributed by atoms with E-state index < -0.39 is 5.97 Å². The summed E-state index contributed by atoms with van der Waals surface area (Å²) in [6, 6.07) is 0. The molecule has 1 atom stereocenters. The number of rotatable bonds is 11. The van der Waals surface area contributed by atoms with Gasteiger partial charge in [0.2, 0.25) is 5.91 Å². The van der Waals surface area contributed by atoms with Crippen LogP contribution < -0.4 is 10.6 Å². The Bertz CT molecular complexity index is 267. The fourth-order valence-corrected chi connectivity index (χ4v) is 1.98. The fraction of sp³-hybridized carbons (Fsp3) is 0.857. The first-order chi connectivity index (χ1) is 8.97. The van der Waals surface area contributed by atoms with Crippen LogP contribution in [0.15, 0.2) is 0 Å². The minimum Gasteiger partial charge on any atom is -0.481 e. The van der Waals surface area contributed by atoms with E-state index in [0.29, 0.717) is 37.8 Å². The monoisotopic (exact) mass is 272 g/mol. The van der Waals surface area contributed by atoms with Gasteiger partial charge in [0.25, 0.3) is 0 Å². The van der Waals surface area contributed by atoms with Crippen LogP contribution in [-0.2, 0) is 9.59 Å². The molecule has 0 fully saturated rings. The van der Waals surface area contributed by atoms with Crippen LogP contribution in [0.3, 0.4) is 0 Å². The molecule has 0 aromatic carbocycles. The highest BCUT2D eigenvalue weighted by atomic mass is 16.4. The van der Waals surface area contributed by atoms with E-state index in [9.17, 15) is 9.59 Å². The van der Waals surface area contributed by atoms with Crippen molar-refractivity contribution in [2.75, 3.05) is 19.6 Å². The molecule has 1 unspecified atom stereocenters. The molecule has 0 radical (unpaired) electrons. The number of hydrogen-bond donors (Lipinski definition) is 3. The van der Waals surface area contributed by atoms with Gasteiger partial charge in [-0.3, -0.25) is 9.59 Å². The molecular formula is C14H28N2O3. The number of aliphatic carboxylic acids is 1. The van der Waals surface area contributed by atoms with Crippen molar-refractivity contribution < 1.29 is 14.7 Å². The van der Waals surface area contributed by atoms with Crippen LogP contribution in [-0.4, -0.2) is 36.6 Å². The lowest BCUT2D eigenvalue weighted by Gasteiger charge is -2.20. The number of carboxylic acids is 1. The van der Waals surface area contributed by atoms with Gasteiger partial charge >= 0.3 is 5.97 Å². The molecule has 1 amide bonds. The van der Waals surface area contributed by atoms with Crippen LogP contribution >= 0.6 is 0 Å². The molecule has 19 heavy (non-hydrogen) atoms. The van der Waals surface area contributed by atoms with Crippen LogP contribution in [0.2, 0.25) is 0 Å². The van der Waals surface area contributed by atoms with Gasteiger partial charge in [0.1, 0.15) is 0 Å². The van der Waals surface area contributed by atoms with Crippen molar-refractivity contribution in [1.82, 2.24) is 10.6 Å². The van der Waals surface area contributed by atoms with Gasteiger partial charge in [0.05, 0.1) is 0 Å². The van der Waals surface area contributed by atoms with Crippen LogP contribution in [0, 0.1) is 11.8 Å². The summed E-state index contributed by atoms with van der Waals surface area (Å²) in [6.45, 7) is 8.41. The second-order valence-corrected chi connectivity index (χ2v) is 5.18. The Morgan fingerprint density at radius 2 is 1.79 bits per heavy atom. The van der Waals surface area contributed by atoms with E-state index in [2.05, 4.69) is 24.5 Å². The van der Waals surface area contributed by atoms with Gasteiger partial charge in [-0.25, -0.2) is 0 Å². The van der Waals surface area contributed by atoms with Crippen molar-refractivity contribution >= 4 is 11.9 Å². The molecule has 5 heteroatoms. The van der Waals surface area contributed by atoms with E-state index in [-0.39, 0.29) is 12.3 Å². The molecule has 0 rings (SSSR count). The maximum atomic E-state index is 11.5. The average Bonchev–Trinajstić information content (AvgIpc) is 2.33. The molecule has 0 saturated carbocycles. The normalized spacial score (nSPS) is 12.4. The van der Waals surface area contributed by atoms with E-state index in [1.165, 1.54) is 0 Å². The van der Waals surface area contributed by atoms with Crippen LogP contribution in [0.5, 0.6) is 0 Å². The van der Waals surface area contributed by atoms with Gasteiger partial charge in [-0.15, -0.1) is 0 Å². The molecule has 0 aliphatic rings. The molecule has 0 aromatic rings. The van der Waals surface area contributed by atoms with Crippen molar-refractivity contribution in [2.45, 2.75) is 46.5 Å². The standard InChI is InChI=1S/C14H28N2O3/c1-4-15-9-8-13(17)16-10-7-12(11(2)3)5-6-14(18)19/h11-12,15H,4-10H2,1-3H3,(H,16,17)(H,18,19). The smallest absolute Gasteiger partial charge is 0.303 e. The zero-order valence-corrected chi connectivity index (χ0v) is 12.4. The zero-order valence-electron chi connectivity index (χ0n) is 12.4. The van der Waals surface area contributed by atoms with Crippen molar-refractivity contribution in [3.8, 4) is 0 Å². The number of carbonyl (C=O) groups excluding carboxylic acids is 1. The van der Waals surface area contributed by atoms with Crippen LogP contribution in [0.1, 0.15) is 46.5 Å². The number of carbonyl (C=O) groups is 2. The van der Waals surface area contributed by atoms with Gasteiger partial charge in [-0.2, -0.15) is 0 Å². The average molecular weight is 272 g/mol. The lowest BCUT2D eigenvalue weighted by Crippen LogP contribution is -2.30. The maximum absolute atomic E-state index is 11.5. The van der Waals surface area contributed by atoms with E-state index in [4.69, 9.17) is 5.11 Å². The highest BCUT2D eigenvalue weighted by Gasteiger charge is 2.15. The highest BCUT2D eigenvalue weighted by Crippen LogP contribution is 2.20. The molecule has 0 heterocycles. The molecule has 0 aliphatic heterocycles. The summed E-state index contributed by atoms with van der Waals surface area (Å²) in [4.78, 5) is 22.1. The molecule has 0 bridgehead atoms. The third-order valence-corrected chi connectivity index (χ3v) is 3.29. The van der Waals surface area contributed by atoms with E-state index in [0.717, 1.165) is 13.0 Å². The van der Waals surface area contributed by atoms with Crippen molar-refractivity contribution in [2.24, 2.45) is 11.8 Å². The minimum absolute atomic E-state index is 0.0571. The molecule has 3 N–H and O–H groups in total. The summed E-state index contributed by atoms with van der Waals surface area (Å²) in [5.74, 6) is 0.102. The van der Waals surface area contributed by atoms with Crippen LogP contribution in [0.25, 0.3) is 0 Å². The van der Waals surface area contributed by atoms with Gasteiger partial charge in [0, 0.05) is 25.9 Å². The lowest BCUT2D eigenvalue weighted by atomic mass is 9.88. The zero-order chi connectivity index (χ0) is 14.7. The SMILES string of the molecule is CCNCCC(=O)NCCC(CCC(=O)O)C(C)C. The molecular weight excluding hydrogens is 244 g/mol. The second kappa shape index (κ2) is 10.8. The van der Waals surface area contributed by atoms with Gasteiger partial charge in [-0.1, -0.05) is 20.8 Å². The van der Waals surface area contributed by atoms with Gasteiger partial charge in [-0.05, 0) is 31.2 Å². The second-order valence-electron chi connectivity index (χ2n) is 5.18. The third kappa shape index (κ3) is 10.5. The first-order valence-corrected chi connectivity index (χ1v) is 7.16. The van der Waals surface area contributed by atoms with Crippen molar-refractivity contribution in [3.05, 3.63) is 0 Å². The van der Waals surface area contributed by atoms with Crippen molar-refractivity contribution in [3.63, 3.8) is 0 Å². The predicted octanol–water partition coefficient (Wildman–Crippen LogP) is 1.63. The van der Waals surface area contributed by atoms with Gasteiger partial charge in [0.15, 0.2) is 0 Å². The number of nitrogens with one attached hydrogen (secondary N) is 2. The van der Waals surface area contributed by atoms with E-state index in [1.54, 1.807) is 0 Å². The van der Waals surface area contributed by atoms with Crippen LogP contribution in [0.4, 0.5) is 0 Å². The number of hydrogen-bond acceptors (Lipinski definition) is 3. The summed E-state index contributed by atoms with van der Waals surface area (Å²) in [5, 5.41) is 14.7. The third-order valence-electron chi connectivity index (χ3n) is 3.29. The summed E-state index contributed by atoms with van der Waals surface area (Å²) in [6.07, 6.45) is 2.23. The Balaban J connectivity index is 3.79. The van der Waals surface area contributed by atoms with Gasteiger partial charge < -0.3 is 15.7 Å². The Morgan fingerprint density at radius 3 is 2.32 bits per heavy atom. The van der Waals surface area contributed by atoms with Crippen molar-refractivity contribution in [1.29, 1.82) is 0 Å². The molecule has 0 aromatic heterocycles. The topological polar surface area (TPSA) is 78.4 Å². The molecule has 0 saturated heterocycles. The van der Waals surface area contributed by atoms with E-state index >= 15 is 0 Å². The Hall–Kier alpha value is -1.10. The summed E-state index contributed by atoms with van der Waals surface area (Å²) in [7, 11) is 0. The number of carboxylic acid groups (broad SMARTS) is 1. The first-order valence-electron chi connectivity index (χ1n) is 7.16. The molecule has 5 nitrogen and oxygen atoms in total. The quantitative estimate of drug-likeness (QED) is 0.500. The molecule has 112 valence electrons. The predicted molar refractivity (Wildman–Crippen MR) is 76.0 cm³/mol.